The van der Waals surface area contributed by atoms with Gasteiger partial charge < -0.3 is 4.74 Å². The second-order valence-electron chi connectivity index (χ2n) is 4.76. The van der Waals surface area contributed by atoms with E-state index in [9.17, 15) is 8.42 Å². The fourth-order valence-electron chi connectivity index (χ4n) is 2.03. The minimum atomic E-state index is -3.45. The number of hydrogen-bond donors (Lipinski definition) is 1. The van der Waals surface area contributed by atoms with Gasteiger partial charge in [0, 0.05) is 19.6 Å². The largest absolute Gasteiger partial charge is 0.374 e. The molecule has 0 bridgehead atoms. The molecule has 1 aromatic rings. The molecule has 114 valence electrons. The number of morpholine rings is 1. The highest BCUT2D eigenvalue weighted by Crippen LogP contribution is 2.30. The molecule has 0 saturated carbocycles. The van der Waals surface area contributed by atoms with Gasteiger partial charge in [0.05, 0.1) is 16.5 Å². The van der Waals surface area contributed by atoms with Crippen LogP contribution in [0, 0.1) is 6.92 Å². The van der Waals surface area contributed by atoms with Crippen molar-refractivity contribution in [2.24, 2.45) is 0 Å². The Morgan fingerprint density at radius 2 is 2.35 bits per heavy atom. The van der Waals surface area contributed by atoms with Gasteiger partial charge in [-0.05, 0) is 41.0 Å². The Hall–Kier alpha value is 0.01000. The number of ether oxygens (including phenoxy) is 1. The zero-order chi connectivity index (χ0) is 14.8. The number of nitrogens with one attached hydrogen (secondary N) is 1. The summed E-state index contributed by atoms with van der Waals surface area (Å²) in [7, 11) is -3.45. The third-order valence-corrected chi connectivity index (χ3v) is 7.30. The molecule has 20 heavy (non-hydrogen) atoms. The molecule has 1 fully saturated rings. The summed E-state index contributed by atoms with van der Waals surface area (Å²) >= 11 is 4.58. The van der Waals surface area contributed by atoms with Gasteiger partial charge >= 0.3 is 0 Å². The van der Waals surface area contributed by atoms with Crippen LogP contribution in [0.3, 0.4) is 0 Å². The van der Waals surface area contributed by atoms with E-state index in [4.69, 9.17) is 4.74 Å². The first-order valence-electron chi connectivity index (χ1n) is 6.52. The van der Waals surface area contributed by atoms with Crippen molar-refractivity contribution >= 4 is 37.3 Å². The predicted molar refractivity (Wildman–Crippen MR) is 83.8 cm³/mol. The van der Waals surface area contributed by atoms with Gasteiger partial charge in [-0.3, -0.25) is 4.90 Å². The molecule has 0 amide bonds. The number of sulfonamides is 1. The van der Waals surface area contributed by atoms with E-state index < -0.39 is 10.0 Å². The van der Waals surface area contributed by atoms with Crippen molar-refractivity contribution in [1.82, 2.24) is 9.62 Å². The first-order chi connectivity index (χ1) is 9.42. The van der Waals surface area contributed by atoms with Crippen LogP contribution in [0.15, 0.2) is 14.1 Å². The lowest BCUT2D eigenvalue weighted by molar-refractivity contribution is -0.0229. The van der Waals surface area contributed by atoms with Gasteiger partial charge in [0.2, 0.25) is 10.0 Å². The number of hydrogen-bond acceptors (Lipinski definition) is 5. The monoisotopic (exact) mass is 382 g/mol. The zero-order valence-electron chi connectivity index (χ0n) is 11.6. The minimum absolute atomic E-state index is 0.0806. The molecule has 0 aromatic carbocycles. The van der Waals surface area contributed by atoms with E-state index in [1.165, 1.54) is 11.3 Å². The Balaban J connectivity index is 1.95. The Morgan fingerprint density at radius 1 is 1.60 bits per heavy atom. The molecule has 1 atom stereocenters. The number of aryl methyl sites for hydroxylation is 1. The molecular formula is C12H19BrN2O3S2. The summed E-state index contributed by atoms with van der Waals surface area (Å²) < 4.78 is 33.8. The maximum Gasteiger partial charge on any atom is 0.250 e. The van der Waals surface area contributed by atoms with Crippen molar-refractivity contribution in [3.63, 3.8) is 0 Å². The van der Waals surface area contributed by atoms with E-state index >= 15 is 0 Å². The Morgan fingerprint density at radius 3 is 2.95 bits per heavy atom. The van der Waals surface area contributed by atoms with Crippen molar-refractivity contribution < 1.29 is 13.2 Å². The lowest BCUT2D eigenvalue weighted by Gasteiger charge is -2.31. The molecule has 5 nitrogen and oxygen atoms in total. The Bertz CT molecular complexity index is 540. The van der Waals surface area contributed by atoms with E-state index in [1.54, 1.807) is 6.07 Å². The number of rotatable bonds is 5. The molecule has 1 unspecified atom stereocenters. The quantitative estimate of drug-likeness (QED) is 0.843. The molecule has 1 aromatic heterocycles. The van der Waals surface area contributed by atoms with Crippen LogP contribution in [0.1, 0.15) is 12.5 Å². The van der Waals surface area contributed by atoms with E-state index in [1.807, 2.05) is 6.92 Å². The van der Waals surface area contributed by atoms with E-state index in [-0.39, 0.29) is 6.10 Å². The number of halogens is 1. The second kappa shape index (κ2) is 6.85. The van der Waals surface area contributed by atoms with Crippen molar-refractivity contribution in [1.29, 1.82) is 0 Å². The first-order valence-corrected chi connectivity index (χ1v) is 9.61. The summed E-state index contributed by atoms with van der Waals surface area (Å²) in [5.41, 5.74) is 0.932. The van der Waals surface area contributed by atoms with Gasteiger partial charge in [-0.1, -0.05) is 6.92 Å². The second-order valence-corrected chi connectivity index (χ2v) is 9.12. The molecule has 1 aliphatic rings. The fourth-order valence-corrected chi connectivity index (χ4v) is 5.37. The van der Waals surface area contributed by atoms with Crippen LogP contribution in [0.4, 0.5) is 0 Å². The minimum Gasteiger partial charge on any atom is -0.374 e. The Labute approximate surface area is 132 Å². The third kappa shape index (κ3) is 4.02. The van der Waals surface area contributed by atoms with Crippen molar-refractivity contribution in [3.8, 4) is 0 Å². The normalized spacial score (nSPS) is 21.2. The average Bonchev–Trinajstić information content (AvgIpc) is 2.78. The summed E-state index contributed by atoms with van der Waals surface area (Å²) in [4.78, 5) is 2.26. The first kappa shape index (κ1) is 16.4. The summed E-state index contributed by atoms with van der Waals surface area (Å²) in [5, 5.41) is 0. The SMILES string of the molecule is CCN1CCOC(CNS(=O)(=O)c2cc(C)c(Br)s2)C1. The van der Waals surface area contributed by atoms with E-state index in [0.717, 1.165) is 29.0 Å². The van der Waals surface area contributed by atoms with E-state index in [2.05, 4.69) is 32.5 Å². The van der Waals surface area contributed by atoms with Gasteiger partial charge in [-0.2, -0.15) is 0 Å². The average molecular weight is 383 g/mol. The van der Waals surface area contributed by atoms with Crippen LogP contribution in [-0.4, -0.2) is 52.2 Å². The predicted octanol–water partition coefficient (Wildman–Crippen LogP) is 1.82. The topological polar surface area (TPSA) is 58.6 Å². The zero-order valence-corrected chi connectivity index (χ0v) is 14.8. The summed E-state index contributed by atoms with van der Waals surface area (Å²) in [6, 6.07) is 1.68. The van der Waals surface area contributed by atoms with Gasteiger partial charge in [-0.15, -0.1) is 11.3 Å². The fraction of sp³-hybridized carbons (Fsp3) is 0.667. The van der Waals surface area contributed by atoms with Crippen LogP contribution in [-0.2, 0) is 14.8 Å². The number of nitrogens with zero attached hydrogens (tertiary/aromatic N) is 1. The number of likely N-dealkylation sites (N-methyl/N-ethyl adjacent to an activating group) is 1. The van der Waals surface area contributed by atoms with Crippen LogP contribution >= 0.6 is 27.3 Å². The van der Waals surface area contributed by atoms with Gasteiger partial charge in [0.25, 0.3) is 0 Å². The molecule has 1 aliphatic heterocycles. The van der Waals surface area contributed by atoms with Gasteiger partial charge in [-0.25, -0.2) is 13.1 Å². The summed E-state index contributed by atoms with van der Waals surface area (Å²) in [5.74, 6) is 0. The molecule has 8 heteroatoms. The van der Waals surface area contributed by atoms with Gasteiger partial charge in [0.1, 0.15) is 4.21 Å². The van der Waals surface area contributed by atoms with Gasteiger partial charge in [0.15, 0.2) is 0 Å². The van der Waals surface area contributed by atoms with Crippen molar-refractivity contribution in [3.05, 3.63) is 15.4 Å². The van der Waals surface area contributed by atoms with Crippen LogP contribution in [0.25, 0.3) is 0 Å². The maximum absolute atomic E-state index is 12.2. The molecule has 1 N–H and O–H groups in total. The van der Waals surface area contributed by atoms with Crippen LogP contribution < -0.4 is 4.72 Å². The summed E-state index contributed by atoms with van der Waals surface area (Å²) in [6.07, 6.45) is -0.0806. The Kier molecular flexibility index (Phi) is 5.61. The third-order valence-electron chi connectivity index (χ3n) is 3.27. The molecule has 0 spiro atoms. The highest BCUT2D eigenvalue weighted by atomic mass is 79.9. The molecule has 2 heterocycles. The molecule has 0 radical (unpaired) electrons. The van der Waals surface area contributed by atoms with Crippen LogP contribution in [0.5, 0.6) is 0 Å². The van der Waals surface area contributed by atoms with Crippen LogP contribution in [0.2, 0.25) is 0 Å². The highest BCUT2D eigenvalue weighted by molar-refractivity contribution is 9.11. The molecular weight excluding hydrogens is 364 g/mol. The lowest BCUT2D eigenvalue weighted by atomic mass is 10.3. The lowest BCUT2D eigenvalue weighted by Crippen LogP contribution is -2.47. The standard InChI is InChI=1S/C12H19BrN2O3S2/c1-3-15-4-5-18-10(8-15)7-14-20(16,17)11-6-9(2)12(13)19-11/h6,10,14H,3-5,7-8H2,1-2H3. The maximum atomic E-state index is 12.2. The van der Waals surface area contributed by atoms with Crippen molar-refractivity contribution in [2.75, 3.05) is 32.8 Å². The molecule has 2 rings (SSSR count). The van der Waals surface area contributed by atoms with Crippen molar-refractivity contribution in [2.45, 2.75) is 24.2 Å². The smallest absolute Gasteiger partial charge is 0.250 e. The summed E-state index contributed by atoms with van der Waals surface area (Å²) in [6.45, 7) is 7.59. The molecule has 1 saturated heterocycles. The highest BCUT2D eigenvalue weighted by Gasteiger charge is 2.23. The molecule has 0 aliphatic carbocycles. The van der Waals surface area contributed by atoms with E-state index in [0.29, 0.717) is 17.4 Å². The number of thiophene rings is 1.